The lowest BCUT2D eigenvalue weighted by molar-refractivity contribution is -0.126. The summed E-state index contributed by atoms with van der Waals surface area (Å²) in [6, 6.07) is 17.0. The molecule has 2 aromatic rings. The summed E-state index contributed by atoms with van der Waals surface area (Å²) in [5.74, 6) is 0.151. The molecule has 0 heterocycles. The van der Waals surface area contributed by atoms with Crippen molar-refractivity contribution in [1.82, 2.24) is 10.2 Å². The van der Waals surface area contributed by atoms with Gasteiger partial charge in [0.05, 0.1) is 11.3 Å². The highest BCUT2D eigenvalue weighted by atomic mass is 32.2. The average molecular weight is 447 g/mol. The van der Waals surface area contributed by atoms with Crippen molar-refractivity contribution in [3.8, 4) is 0 Å². The summed E-state index contributed by atoms with van der Waals surface area (Å²) in [5.41, 5.74) is 0.348. The number of carbonyl (C=O) groups excluding carboxylic acids is 3. The number of rotatable bonds is 11. The largest absolute Gasteiger partial charge is 0.452 e. The average Bonchev–Trinajstić information content (AvgIpc) is 2.76. The van der Waals surface area contributed by atoms with Crippen LogP contribution in [0.2, 0.25) is 0 Å². The van der Waals surface area contributed by atoms with Crippen LogP contribution < -0.4 is 5.32 Å². The second-order valence-corrected chi connectivity index (χ2v) is 8.70. The van der Waals surface area contributed by atoms with E-state index in [1.54, 1.807) is 50.1 Å². The predicted molar refractivity (Wildman–Crippen MR) is 121 cm³/mol. The zero-order valence-electron chi connectivity index (χ0n) is 17.1. The minimum atomic E-state index is -0.579. The maximum absolute atomic E-state index is 12.4. The number of hydrogen-bond donors (Lipinski definition) is 1. The fourth-order valence-electron chi connectivity index (χ4n) is 2.30. The van der Waals surface area contributed by atoms with Gasteiger partial charge in [-0.2, -0.15) is 0 Å². The van der Waals surface area contributed by atoms with Crippen LogP contribution in [-0.2, 0) is 14.3 Å². The van der Waals surface area contributed by atoms with Gasteiger partial charge in [0.1, 0.15) is 0 Å². The van der Waals surface area contributed by atoms with Crippen molar-refractivity contribution < 1.29 is 19.1 Å². The molecule has 0 aliphatic heterocycles. The van der Waals surface area contributed by atoms with Gasteiger partial charge in [0, 0.05) is 30.4 Å². The Kier molecular flexibility index (Phi) is 10.3. The van der Waals surface area contributed by atoms with Crippen LogP contribution in [0.5, 0.6) is 0 Å². The Bertz CT molecular complexity index is 844. The van der Waals surface area contributed by atoms with Crippen LogP contribution in [-0.4, -0.2) is 61.4 Å². The summed E-state index contributed by atoms with van der Waals surface area (Å²) >= 11 is 3.00. The van der Waals surface area contributed by atoms with E-state index >= 15 is 0 Å². The number of benzene rings is 2. The van der Waals surface area contributed by atoms with E-state index in [0.717, 1.165) is 12.2 Å². The van der Waals surface area contributed by atoms with Gasteiger partial charge in [-0.1, -0.05) is 30.3 Å². The Labute approximate surface area is 185 Å². The number of thioether (sulfide) groups is 2. The van der Waals surface area contributed by atoms with Gasteiger partial charge in [-0.25, -0.2) is 4.79 Å². The Balaban J connectivity index is 1.70. The number of nitrogens with one attached hydrogen (secondary N) is 1. The molecule has 0 bridgehead atoms. The Morgan fingerprint density at radius 2 is 1.67 bits per heavy atom. The van der Waals surface area contributed by atoms with Crippen molar-refractivity contribution in [3.05, 3.63) is 60.2 Å². The van der Waals surface area contributed by atoms with Crippen LogP contribution in [0.25, 0.3) is 0 Å². The van der Waals surface area contributed by atoms with E-state index in [2.05, 4.69) is 17.4 Å². The lowest BCUT2D eigenvalue weighted by Gasteiger charge is -2.12. The van der Waals surface area contributed by atoms with Gasteiger partial charge in [-0.05, 0) is 36.4 Å². The molecule has 0 fully saturated rings. The van der Waals surface area contributed by atoms with E-state index in [0.29, 0.717) is 17.0 Å². The molecule has 6 nitrogen and oxygen atoms in total. The van der Waals surface area contributed by atoms with Crippen molar-refractivity contribution in [2.24, 2.45) is 0 Å². The SMILES string of the molecule is CN(C)C(=O)CSc1ccccc1C(=O)OCC(=O)NCCCSc1ccccc1. The lowest BCUT2D eigenvalue weighted by Crippen LogP contribution is -2.30. The zero-order chi connectivity index (χ0) is 21.8. The monoisotopic (exact) mass is 446 g/mol. The molecule has 0 spiro atoms. The van der Waals surface area contributed by atoms with Crippen molar-refractivity contribution in [2.45, 2.75) is 16.2 Å². The number of hydrogen-bond acceptors (Lipinski definition) is 6. The van der Waals surface area contributed by atoms with Crippen LogP contribution in [0.3, 0.4) is 0 Å². The first-order valence-corrected chi connectivity index (χ1v) is 11.5. The minimum absolute atomic E-state index is 0.0482. The van der Waals surface area contributed by atoms with Gasteiger partial charge in [-0.15, -0.1) is 23.5 Å². The smallest absolute Gasteiger partial charge is 0.339 e. The molecule has 2 rings (SSSR count). The quantitative estimate of drug-likeness (QED) is 0.324. The first-order chi connectivity index (χ1) is 14.5. The van der Waals surface area contributed by atoms with Crippen molar-refractivity contribution in [3.63, 3.8) is 0 Å². The molecule has 0 unspecified atom stereocenters. The number of carbonyl (C=O) groups is 3. The van der Waals surface area contributed by atoms with E-state index in [-0.39, 0.29) is 24.2 Å². The fourth-order valence-corrected chi connectivity index (χ4v) is 4.19. The van der Waals surface area contributed by atoms with Crippen LogP contribution >= 0.6 is 23.5 Å². The van der Waals surface area contributed by atoms with Crippen LogP contribution in [0.4, 0.5) is 0 Å². The summed E-state index contributed by atoms with van der Waals surface area (Å²) in [5, 5.41) is 2.76. The molecule has 0 saturated heterocycles. The third-order valence-corrected chi connectivity index (χ3v) is 6.10. The van der Waals surface area contributed by atoms with Crippen LogP contribution in [0.1, 0.15) is 16.8 Å². The third-order valence-electron chi connectivity index (χ3n) is 3.95. The Morgan fingerprint density at radius 3 is 2.40 bits per heavy atom. The first kappa shape index (κ1) is 23.8. The molecular formula is C22H26N2O4S2. The molecule has 2 aromatic carbocycles. The maximum atomic E-state index is 12.4. The standard InChI is InChI=1S/C22H26N2O4S2/c1-24(2)21(26)16-30-19-12-7-6-11-18(19)22(27)28-15-20(25)23-13-8-14-29-17-9-4-3-5-10-17/h3-7,9-12H,8,13-16H2,1-2H3,(H,23,25). The van der Waals surface area contributed by atoms with Gasteiger partial charge in [0.2, 0.25) is 5.91 Å². The number of amides is 2. The molecule has 0 atom stereocenters. The molecule has 160 valence electrons. The number of esters is 1. The molecule has 0 radical (unpaired) electrons. The molecule has 0 aliphatic rings. The van der Waals surface area contributed by atoms with E-state index in [4.69, 9.17) is 4.74 Å². The van der Waals surface area contributed by atoms with E-state index in [1.165, 1.54) is 21.6 Å². The molecule has 2 amide bonds. The number of nitrogens with zero attached hydrogens (tertiary/aromatic N) is 1. The van der Waals surface area contributed by atoms with Gasteiger partial charge < -0.3 is 15.0 Å². The van der Waals surface area contributed by atoms with Gasteiger partial charge in [0.25, 0.3) is 5.91 Å². The van der Waals surface area contributed by atoms with Gasteiger partial charge >= 0.3 is 5.97 Å². The van der Waals surface area contributed by atoms with E-state index in [9.17, 15) is 14.4 Å². The molecule has 8 heteroatoms. The summed E-state index contributed by atoms with van der Waals surface area (Å²) < 4.78 is 5.15. The second kappa shape index (κ2) is 13.0. The van der Waals surface area contributed by atoms with Crippen LogP contribution in [0, 0.1) is 0 Å². The van der Waals surface area contributed by atoms with E-state index < -0.39 is 5.97 Å². The van der Waals surface area contributed by atoms with Crippen molar-refractivity contribution in [2.75, 3.05) is 38.8 Å². The second-order valence-electron chi connectivity index (χ2n) is 6.51. The Hall–Kier alpha value is -2.45. The highest BCUT2D eigenvalue weighted by Crippen LogP contribution is 2.23. The van der Waals surface area contributed by atoms with Gasteiger partial charge in [-0.3, -0.25) is 9.59 Å². The fraction of sp³-hybridized carbons (Fsp3) is 0.318. The summed E-state index contributed by atoms with van der Waals surface area (Å²) in [6.45, 7) is 0.190. The molecule has 30 heavy (non-hydrogen) atoms. The predicted octanol–water partition coefficient (Wildman–Crippen LogP) is 3.32. The van der Waals surface area contributed by atoms with Crippen molar-refractivity contribution >= 4 is 41.3 Å². The molecule has 1 N–H and O–H groups in total. The maximum Gasteiger partial charge on any atom is 0.339 e. The third kappa shape index (κ3) is 8.51. The van der Waals surface area contributed by atoms with Crippen molar-refractivity contribution in [1.29, 1.82) is 0 Å². The molecule has 0 aliphatic carbocycles. The highest BCUT2D eigenvalue weighted by molar-refractivity contribution is 8.00. The summed E-state index contributed by atoms with van der Waals surface area (Å²) in [6.07, 6.45) is 0.818. The van der Waals surface area contributed by atoms with Gasteiger partial charge in [0.15, 0.2) is 6.61 Å². The molecule has 0 saturated carbocycles. The van der Waals surface area contributed by atoms with Crippen LogP contribution in [0.15, 0.2) is 64.4 Å². The first-order valence-electron chi connectivity index (χ1n) is 9.51. The highest BCUT2D eigenvalue weighted by Gasteiger charge is 2.16. The summed E-state index contributed by atoms with van der Waals surface area (Å²) in [7, 11) is 3.37. The molecule has 0 aromatic heterocycles. The topological polar surface area (TPSA) is 75.7 Å². The minimum Gasteiger partial charge on any atom is -0.452 e. The Morgan fingerprint density at radius 1 is 0.967 bits per heavy atom. The molecular weight excluding hydrogens is 420 g/mol. The lowest BCUT2D eigenvalue weighted by atomic mass is 10.2. The summed E-state index contributed by atoms with van der Waals surface area (Å²) in [4.78, 5) is 39.4. The zero-order valence-corrected chi connectivity index (χ0v) is 18.8. The normalized spacial score (nSPS) is 10.3. The number of ether oxygens (including phenoxy) is 1. The van der Waals surface area contributed by atoms with E-state index in [1.807, 2.05) is 18.2 Å².